The first-order chi connectivity index (χ1) is 11.6. The lowest BCUT2D eigenvalue weighted by molar-refractivity contribution is -0.129. The Bertz CT molecular complexity index is 531. The highest BCUT2D eigenvalue weighted by Gasteiger charge is 2.23. The van der Waals surface area contributed by atoms with Crippen molar-refractivity contribution in [3.8, 4) is 0 Å². The second-order valence-corrected chi connectivity index (χ2v) is 6.95. The number of nitrogens with one attached hydrogen (secondary N) is 3. The number of rotatable bonds is 8. The number of benzene rings is 1. The Balaban J connectivity index is 0.00000312. The second-order valence-electron chi connectivity index (χ2n) is 6.95. The van der Waals surface area contributed by atoms with E-state index in [1.54, 1.807) is 0 Å². The maximum Gasteiger partial charge on any atom is 0.247 e. The van der Waals surface area contributed by atoms with Crippen LogP contribution in [-0.4, -0.2) is 31.4 Å². The van der Waals surface area contributed by atoms with E-state index in [4.69, 9.17) is 0 Å². The van der Waals surface area contributed by atoms with Gasteiger partial charge in [0.2, 0.25) is 11.8 Å². The molecule has 140 valence electrons. The Kier molecular flexibility index (Phi) is 9.53. The van der Waals surface area contributed by atoms with Gasteiger partial charge in [-0.05, 0) is 43.3 Å². The summed E-state index contributed by atoms with van der Waals surface area (Å²) < 4.78 is 0. The van der Waals surface area contributed by atoms with Gasteiger partial charge >= 0.3 is 0 Å². The molecule has 0 bridgehead atoms. The molecule has 2 amide bonds. The van der Waals surface area contributed by atoms with Crippen molar-refractivity contribution in [3.05, 3.63) is 35.9 Å². The van der Waals surface area contributed by atoms with E-state index in [0.29, 0.717) is 18.9 Å². The third-order valence-corrected chi connectivity index (χ3v) is 4.31. The van der Waals surface area contributed by atoms with Crippen LogP contribution in [0.2, 0.25) is 0 Å². The lowest BCUT2D eigenvalue weighted by Crippen LogP contribution is -2.41. The van der Waals surface area contributed by atoms with Crippen LogP contribution in [0.15, 0.2) is 30.3 Å². The van der Waals surface area contributed by atoms with Gasteiger partial charge in [0.1, 0.15) is 6.04 Å². The summed E-state index contributed by atoms with van der Waals surface area (Å²) in [6.45, 7) is 6.73. The highest BCUT2D eigenvalue weighted by Crippen LogP contribution is 2.15. The molecule has 2 rings (SSSR count). The Morgan fingerprint density at radius 3 is 2.56 bits per heavy atom. The quantitative estimate of drug-likeness (QED) is 0.661. The lowest BCUT2D eigenvalue weighted by Gasteiger charge is -2.20. The second kappa shape index (κ2) is 11.1. The van der Waals surface area contributed by atoms with Crippen molar-refractivity contribution in [2.75, 3.05) is 19.6 Å². The van der Waals surface area contributed by atoms with Gasteiger partial charge in [0.05, 0.1) is 0 Å². The lowest BCUT2D eigenvalue weighted by atomic mass is 10.0. The molecule has 6 heteroatoms. The summed E-state index contributed by atoms with van der Waals surface area (Å²) in [5, 5.41) is 9.20. The number of amides is 2. The molecule has 1 saturated heterocycles. The topological polar surface area (TPSA) is 70.2 Å². The molecule has 0 aliphatic carbocycles. The fraction of sp³-hybridized carbons (Fsp3) is 0.579. The van der Waals surface area contributed by atoms with Gasteiger partial charge in [0.25, 0.3) is 0 Å². The molecule has 1 aliphatic rings. The number of hydrogen-bond donors (Lipinski definition) is 3. The number of hydrogen-bond acceptors (Lipinski definition) is 3. The molecule has 2 unspecified atom stereocenters. The van der Waals surface area contributed by atoms with Crippen molar-refractivity contribution in [2.45, 2.75) is 39.2 Å². The minimum atomic E-state index is -0.626. The summed E-state index contributed by atoms with van der Waals surface area (Å²) in [4.78, 5) is 24.7. The first-order valence-corrected chi connectivity index (χ1v) is 8.89. The SMILES string of the molecule is CC(C)CC(=O)NC(C(=O)NCCC1CCNC1)c1ccccc1.Cl. The van der Waals surface area contributed by atoms with Crippen molar-refractivity contribution in [1.82, 2.24) is 16.0 Å². The molecule has 1 heterocycles. The van der Waals surface area contributed by atoms with Crippen LogP contribution in [0.25, 0.3) is 0 Å². The Morgan fingerprint density at radius 2 is 1.96 bits per heavy atom. The molecule has 0 aromatic heterocycles. The zero-order valence-corrected chi connectivity index (χ0v) is 15.9. The number of halogens is 1. The Morgan fingerprint density at radius 1 is 1.24 bits per heavy atom. The van der Waals surface area contributed by atoms with E-state index in [2.05, 4.69) is 16.0 Å². The number of carbonyl (C=O) groups excluding carboxylic acids is 2. The standard InChI is InChI=1S/C19H29N3O2.ClH/c1-14(2)12-17(23)22-18(16-6-4-3-5-7-16)19(24)21-11-9-15-8-10-20-13-15;/h3-7,14-15,18,20H,8-13H2,1-2H3,(H,21,24)(H,22,23);1H. The average molecular weight is 368 g/mol. The molecular formula is C19H30ClN3O2. The normalized spacial score (nSPS) is 17.6. The molecule has 5 nitrogen and oxygen atoms in total. The summed E-state index contributed by atoms with van der Waals surface area (Å²) >= 11 is 0. The third-order valence-electron chi connectivity index (χ3n) is 4.31. The first-order valence-electron chi connectivity index (χ1n) is 8.89. The van der Waals surface area contributed by atoms with Gasteiger partial charge in [-0.2, -0.15) is 0 Å². The predicted octanol–water partition coefficient (Wildman–Crippen LogP) is 2.43. The molecule has 2 atom stereocenters. The molecule has 3 N–H and O–H groups in total. The van der Waals surface area contributed by atoms with Crippen LogP contribution in [0, 0.1) is 11.8 Å². The van der Waals surface area contributed by atoms with Crippen LogP contribution in [0.1, 0.15) is 44.7 Å². The smallest absolute Gasteiger partial charge is 0.247 e. The van der Waals surface area contributed by atoms with Gasteiger partial charge in [0, 0.05) is 13.0 Å². The molecule has 0 spiro atoms. The maximum absolute atomic E-state index is 12.6. The Hall–Kier alpha value is -1.59. The molecule has 1 aromatic rings. The fourth-order valence-corrected chi connectivity index (χ4v) is 3.00. The average Bonchev–Trinajstić information content (AvgIpc) is 3.06. The van der Waals surface area contributed by atoms with Gasteiger partial charge in [-0.15, -0.1) is 12.4 Å². The van der Waals surface area contributed by atoms with Crippen LogP contribution in [-0.2, 0) is 9.59 Å². The van der Waals surface area contributed by atoms with Crippen molar-refractivity contribution in [2.24, 2.45) is 11.8 Å². The highest BCUT2D eigenvalue weighted by atomic mass is 35.5. The van der Waals surface area contributed by atoms with E-state index >= 15 is 0 Å². The fourth-order valence-electron chi connectivity index (χ4n) is 3.00. The van der Waals surface area contributed by atoms with Crippen LogP contribution in [0.4, 0.5) is 0 Å². The van der Waals surface area contributed by atoms with Gasteiger partial charge in [0.15, 0.2) is 0 Å². The van der Waals surface area contributed by atoms with Crippen LogP contribution in [0.3, 0.4) is 0 Å². The minimum absolute atomic E-state index is 0. The van der Waals surface area contributed by atoms with Gasteiger partial charge in [-0.1, -0.05) is 44.2 Å². The zero-order valence-electron chi connectivity index (χ0n) is 15.1. The van der Waals surface area contributed by atoms with E-state index in [0.717, 1.165) is 25.1 Å². The van der Waals surface area contributed by atoms with Gasteiger partial charge < -0.3 is 16.0 Å². The molecule has 1 fully saturated rings. The van der Waals surface area contributed by atoms with Gasteiger partial charge in [-0.25, -0.2) is 0 Å². The largest absolute Gasteiger partial charge is 0.354 e. The van der Waals surface area contributed by atoms with E-state index in [1.807, 2.05) is 44.2 Å². The predicted molar refractivity (Wildman–Crippen MR) is 103 cm³/mol. The Labute approximate surface area is 156 Å². The molecule has 1 aromatic carbocycles. The van der Waals surface area contributed by atoms with Crippen molar-refractivity contribution in [3.63, 3.8) is 0 Å². The maximum atomic E-state index is 12.6. The van der Waals surface area contributed by atoms with Crippen molar-refractivity contribution in [1.29, 1.82) is 0 Å². The van der Waals surface area contributed by atoms with Crippen LogP contribution in [0.5, 0.6) is 0 Å². The molecular weight excluding hydrogens is 338 g/mol. The summed E-state index contributed by atoms with van der Waals surface area (Å²) in [7, 11) is 0. The molecule has 1 aliphatic heterocycles. The third kappa shape index (κ3) is 7.45. The van der Waals surface area contributed by atoms with Crippen LogP contribution >= 0.6 is 12.4 Å². The summed E-state index contributed by atoms with van der Waals surface area (Å²) in [5.74, 6) is 0.675. The van der Waals surface area contributed by atoms with Crippen LogP contribution < -0.4 is 16.0 Å². The number of carbonyl (C=O) groups is 2. The summed E-state index contributed by atoms with van der Waals surface area (Å²) in [6, 6.07) is 8.80. The van der Waals surface area contributed by atoms with E-state index < -0.39 is 6.04 Å². The highest BCUT2D eigenvalue weighted by molar-refractivity contribution is 5.88. The minimum Gasteiger partial charge on any atom is -0.354 e. The molecule has 0 radical (unpaired) electrons. The van der Waals surface area contributed by atoms with Crippen molar-refractivity contribution < 1.29 is 9.59 Å². The van der Waals surface area contributed by atoms with E-state index in [9.17, 15) is 9.59 Å². The van der Waals surface area contributed by atoms with E-state index in [1.165, 1.54) is 6.42 Å². The van der Waals surface area contributed by atoms with Gasteiger partial charge in [-0.3, -0.25) is 9.59 Å². The first kappa shape index (κ1) is 21.5. The van der Waals surface area contributed by atoms with Crippen molar-refractivity contribution >= 4 is 24.2 Å². The van der Waals surface area contributed by atoms with E-state index in [-0.39, 0.29) is 30.1 Å². The summed E-state index contributed by atoms with van der Waals surface area (Å²) in [6.07, 6.45) is 2.56. The monoisotopic (exact) mass is 367 g/mol. The molecule has 25 heavy (non-hydrogen) atoms. The zero-order chi connectivity index (χ0) is 17.4. The molecule has 0 saturated carbocycles. The summed E-state index contributed by atoms with van der Waals surface area (Å²) in [5.41, 5.74) is 0.814.